The highest BCUT2D eigenvalue weighted by Gasteiger charge is 2.25. The van der Waals surface area contributed by atoms with Crippen LogP contribution in [0.3, 0.4) is 0 Å². The number of hydrogen-bond donors (Lipinski definition) is 0. The second-order valence-corrected chi connectivity index (χ2v) is 7.09. The average molecular weight is 439 g/mol. The molecule has 1 aliphatic rings. The zero-order valence-electron chi connectivity index (χ0n) is 15.1. The highest BCUT2D eigenvalue weighted by Crippen LogP contribution is 2.30. The molecule has 0 radical (unpaired) electrons. The Balaban J connectivity index is 1.56. The Hall–Kier alpha value is -2.84. The van der Waals surface area contributed by atoms with Crippen LogP contribution in [0.15, 0.2) is 36.4 Å². The van der Waals surface area contributed by atoms with Crippen LogP contribution in [0.1, 0.15) is 12.0 Å². The molecule has 152 valence electrons. The predicted octanol–water partition coefficient (Wildman–Crippen LogP) is 3.80. The lowest BCUT2D eigenvalue weighted by molar-refractivity contribution is -0.384. The van der Waals surface area contributed by atoms with Gasteiger partial charge in [-0.2, -0.15) is 0 Å². The number of nitro benzene ring substituents is 1. The van der Waals surface area contributed by atoms with Gasteiger partial charge >= 0.3 is 5.97 Å². The van der Waals surface area contributed by atoms with Crippen molar-refractivity contribution >= 4 is 46.5 Å². The second kappa shape index (κ2) is 9.11. The molecule has 0 N–H and O–H groups in total. The van der Waals surface area contributed by atoms with E-state index in [1.807, 2.05) is 0 Å². The van der Waals surface area contributed by atoms with Gasteiger partial charge in [-0.25, -0.2) is 4.79 Å². The van der Waals surface area contributed by atoms with E-state index in [1.54, 1.807) is 6.07 Å². The standard InChI is InChI=1S/C19H16Cl2N2O6/c20-13-3-6-17(15(21)9-13)28-11-19(25)29-10-18(24)22-7-1-2-12-8-14(23(26)27)4-5-16(12)22/h3-6,8-9H,1-2,7,10-11H2. The van der Waals surface area contributed by atoms with E-state index in [1.165, 1.54) is 35.2 Å². The number of ether oxygens (including phenoxy) is 2. The first kappa shape index (κ1) is 20.9. The highest BCUT2D eigenvalue weighted by atomic mass is 35.5. The summed E-state index contributed by atoms with van der Waals surface area (Å²) >= 11 is 11.7. The summed E-state index contributed by atoms with van der Waals surface area (Å²) in [5, 5.41) is 11.6. The number of carbonyl (C=O) groups is 2. The summed E-state index contributed by atoms with van der Waals surface area (Å²) in [6.45, 7) is -0.442. The lowest BCUT2D eigenvalue weighted by Gasteiger charge is -2.29. The molecule has 0 saturated carbocycles. The maximum Gasteiger partial charge on any atom is 0.344 e. The van der Waals surface area contributed by atoms with Crippen LogP contribution in [0, 0.1) is 10.1 Å². The first-order chi connectivity index (χ1) is 13.8. The molecule has 2 aromatic carbocycles. The molecule has 1 heterocycles. The molecule has 0 fully saturated rings. The predicted molar refractivity (Wildman–Crippen MR) is 107 cm³/mol. The van der Waals surface area contributed by atoms with Gasteiger partial charge in [-0.05, 0) is 42.7 Å². The number of esters is 1. The summed E-state index contributed by atoms with van der Waals surface area (Å²) in [6.07, 6.45) is 1.29. The van der Waals surface area contributed by atoms with Gasteiger partial charge in [0.15, 0.2) is 13.2 Å². The third-order valence-electron chi connectivity index (χ3n) is 4.29. The van der Waals surface area contributed by atoms with Crippen molar-refractivity contribution in [2.45, 2.75) is 12.8 Å². The molecule has 29 heavy (non-hydrogen) atoms. The van der Waals surface area contributed by atoms with Gasteiger partial charge < -0.3 is 14.4 Å². The summed E-state index contributed by atoms with van der Waals surface area (Å²) in [7, 11) is 0. The van der Waals surface area contributed by atoms with Crippen LogP contribution in [0.4, 0.5) is 11.4 Å². The number of amides is 1. The maximum atomic E-state index is 12.5. The number of aryl methyl sites for hydroxylation is 1. The number of anilines is 1. The van der Waals surface area contributed by atoms with Crippen LogP contribution in [0.25, 0.3) is 0 Å². The fourth-order valence-electron chi connectivity index (χ4n) is 2.95. The van der Waals surface area contributed by atoms with Crippen LogP contribution in [-0.2, 0) is 20.7 Å². The number of nitrogens with zero attached hydrogens (tertiary/aromatic N) is 2. The third kappa shape index (κ3) is 5.16. The number of benzene rings is 2. The molecule has 8 nitrogen and oxygen atoms in total. The Morgan fingerprint density at radius 3 is 2.66 bits per heavy atom. The summed E-state index contributed by atoms with van der Waals surface area (Å²) in [5.41, 5.74) is 1.28. The minimum absolute atomic E-state index is 0.0255. The summed E-state index contributed by atoms with van der Waals surface area (Å²) < 4.78 is 10.3. The third-order valence-corrected chi connectivity index (χ3v) is 4.82. The lowest BCUT2D eigenvalue weighted by atomic mass is 10.0. The fourth-order valence-corrected chi connectivity index (χ4v) is 3.41. The molecular weight excluding hydrogens is 423 g/mol. The molecule has 0 atom stereocenters. The second-order valence-electron chi connectivity index (χ2n) is 6.24. The molecule has 1 amide bonds. The van der Waals surface area contributed by atoms with Crippen LogP contribution in [-0.4, -0.2) is 36.6 Å². The SMILES string of the molecule is O=C(COc1ccc(Cl)cc1Cl)OCC(=O)N1CCCc2cc([N+](=O)[O-])ccc21. The lowest BCUT2D eigenvalue weighted by Crippen LogP contribution is -2.38. The molecule has 3 rings (SSSR count). The van der Waals surface area contributed by atoms with Crippen LogP contribution in [0.5, 0.6) is 5.75 Å². The van der Waals surface area contributed by atoms with Gasteiger partial charge in [0.2, 0.25) is 0 Å². The first-order valence-electron chi connectivity index (χ1n) is 8.66. The Labute approximate surface area is 176 Å². The summed E-state index contributed by atoms with van der Waals surface area (Å²) in [4.78, 5) is 36.3. The number of fused-ring (bicyclic) bond motifs is 1. The molecule has 0 bridgehead atoms. The van der Waals surface area contributed by atoms with E-state index in [0.29, 0.717) is 35.7 Å². The van der Waals surface area contributed by atoms with E-state index in [0.717, 1.165) is 0 Å². The topological polar surface area (TPSA) is 99.0 Å². The zero-order valence-corrected chi connectivity index (χ0v) is 16.6. The van der Waals surface area contributed by atoms with Crippen molar-refractivity contribution in [2.24, 2.45) is 0 Å². The van der Waals surface area contributed by atoms with Crippen molar-refractivity contribution in [1.82, 2.24) is 0 Å². The van der Waals surface area contributed by atoms with Crippen molar-refractivity contribution in [3.63, 3.8) is 0 Å². The first-order valence-corrected chi connectivity index (χ1v) is 9.42. The monoisotopic (exact) mass is 438 g/mol. The van der Waals surface area contributed by atoms with Gasteiger partial charge in [0.05, 0.1) is 9.95 Å². The van der Waals surface area contributed by atoms with Gasteiger partial charge in [-0.3, -0.25) is 14.9 Å². The van der Waals surface area contributed by atoms with Crippen molar-refractivity contribution in [2.75, 3.05) is 24.7 Å². The maximum absolute atomic E-state index is 12.5. The number of rotatable bonds is 6. The van der Waals surface area contributed by atoms with E-state index in [9.17, 15) is 19.7 Å². The van der Waals surface area contributed by atoms with Crippen molar-refractivity contribution in [1.29, 1.82) is 0 Å². The Kier molecular flexibility index (Phi) is 6.56. The minimum Gasteiger partial charge on any atom is -0.480 e. The van der Waals surface area contributed by atoms with Crippen LogP contribution >= 0.6 is 23.2 Å². The number of non-ortho nitro benzene ring substituents is 1. The molecule has 0 spiro atoms. The normalized spacial score (nSPS) is 12.8. The number of hydrogen-bond acceptors (Lipinski definition) is 6. The number of carbonyl (C=O) groups excluding carboxylic acids is 2. The Morgan fingerprint density at radius 1 is 1.14 bits per heavy atom. The van der Waals surface area contributed by atoms with Crippen LogP contribution < -0.4 is 9.64 Å². The van der Waals surface area contributed by atoms with E-state index in [-0.39, 0.29) is 16.5 Å². The largest absolute Gasteiger partial charge is 0.480 e. The van der Waals surface area contributed by atoms with Gasteiger partial charge in [0.1, 0.15) is 5.75 Å². The van der Waals surface area contributed by atoms with Crippen molar-refractivity contribution < 1.29 is 24.0 Å². The molecule has 0 unspecified atom stereocenters. The summed E-state index contributed by atoms with van der Waals surface area (Å²) in [6, 6.07) is 8.91. The highest BCUT2D eigenvalue weighted by molar-refractivity contribution is 6.35. The van der Waals surface area contributed by atoms with Crippen LogP contribution in [0.2, 0.25) is 10.0 Å². The fraction of sp³-hybridized carbons (Fsp3) is 0.263. The molecule has 2 aromatic rings. The van der Waals surface area contributed by atoms with Gasteiger partial charge in [0, 0.05) is 29.4 Å². The minimum atomic E-state index is -0.731. The molecule has 1 aliphatic heterocycles. The number of halogens is 2. The van der Waals surface area contributed by atoms with Gasteiger partial charge in [0.25, 0.3) is 11.6 Å². The van der Waals surface area contributed by atoms with E-state index >= 15 is 0 Å². The van der Waals surface area contributed by atoms with Crippen molar-refractivity contribution in [3.05, 3.63) is 62.1 Å². The Bertz CT molecular complexity index is 966. The van der Waals surface area contributed by atoms with E-state index in [2.05, 4.69) is 0 Å². The summed E-state index contributed by atoms with van der Waals surface area (Å²) in [5.74, 6) is -0.881. The van der Waals surface area contributed by atoms with Gasteiger partial charge in [-0.1, -0.05) is 23.2 Å². The zero-order chi connectivity index (χ0) is 21.0. The number of nitro groups is 1. The van der Waals surface area contributed by atoms with E-state index in [4.69, 9.17) is 32.7 Å². The van der Waals surface area contributed by atoms with Crippen molar-refractivity contribution in [3.8, 4) is 5.75 Å². The smallest absolute Gasteiger partial charge is 0.344 e. The van der Waals surface area contributed by atoms with Gasteiger partial charge in [-0.15, -0.1) is 0 Å². The molecule has 0 aliphatic carbocycles. The molecular formula is C19H16Cl2N2O6. The Morgan fingerprint density at radius 2 is 1.93 bits per heavy atom. The molecule has 10 heteroatoms. The quantitative estimate of drug-likeness (QED) is 0.386. The molecule has 0 aromatic heterocycles. The van der Waals surface area contributed by atoms with E-state index < -0.39 is 30.0 Å². The molecule has 0 saturated heterocycles. The average Bonchev–Trinajstić information content (AvgIpc) is 2.70.